The molecule has 0 saturated carbocycles. The number of fused-ring (bicyclic) bond motifs is 1. The van der Waals surface area contributed by atoms with Gasteiger partial charge in [0, 0.05) is 19.0 Å². The van der Waals surface area contributed by atoms with E-state index in [9.17, 15) is 4.79 Å². The fourth-order valence-electron chi connectivity index (χ4n) is 3.52. The molecule has 4 rings (SSSR count). The Kier molecular flexibility index (Phi) is 5.39. The Morgan fingerprint density at radius 2 is 1.88 bits per heavy atom. The van der Waals surface area contributed by atoms with Gasteiger partial charge in [-0.3, -0.25) is 9.36 Å². The van der Waals surface area contributed by atoms with Crippen LogP contribution in [0.1, 0.15) is 32.1 Å². The molecule has 0 spiro atoms. The quantitative estimate of drug-likeness (QED) is 0.605. The van der Waals surface area contributed by atoms with Crippen molar-refractivity contribution in [1.29, 1.82) is 0 Å². The Balaban J connectivity index is 1.63. The van der Waals surface area contributed by atoms with E-state index in [2.05, 4.69) is 0 Å². The van der Waals surface area contributed by atoms with E-state index in [1.165, 1.54) is 6.42 Å². The van der Waals surface area contributed by atoms with Crippen LogP contribution in [0.2, 0.25) is 0 Å². The predicted octanol–water partition coefficient (Wildman–Crippen LogP) is 3.24. The van der Waals surface area contributed by atoms with Crippen LogP contribution in [0.3, 0.4) is 0 Å². The lowest BCUT2D eigenvalue weighted by Gasteiger charge is -2.23. The third-order valence-corrected chi connectivity index (χ3v) is 6.02. The Labute approximate surface area is 151 Å². The molecule has 0 radical (unpaired) electrons. The Hall–Kier alpha value is -1.37. The summed E-state index contributed by atoms with van der Waals surface area (Å²) in [4.78, 5) is 17.8. The highest BCUT2D eigenvalue weighted by Crippen LogP contribution is 2.24. The first-order valence-electron chi connectivity index (χ1n) is 9.17. The highest BCUT2D eigenvalue weighted by Gasteiger charge is 2.21. The summed E-state index contributed by atoms with van der Waals surface area (Å²) < 4.78 is 13.4. The van der Waals surface area contributed by atoms with E-state index in [-0.39, 0.29) is 17.8 Å². The summed E-state index contributed by atoms with van der Waals surface area (Å²) in [6.45, 7) is 2.22. The van der Waals surface area contributed by atoms with Gasteiger partial charge >= 0.3 is 0 Å². The molecule has 0 N–H and O–H groups in total. The van der Waals surface area contributed by atoms with Crippen LogP contribution in [0.15, 0.2) is 34.2 Å². The van der Waals surface area contributed by atoms with Crippen LogP contribution in [0, 0.1) is 0 Å². The van der Waals surface area contributed by atoms with Crippen LogP contribution in [-0.4, -0.2) is 40.7 Å². The fraction of sp³-hybridized carbons (Fsp3) is 0.579. The number of hydrogen-bond acceptors (Lipinski definition) is 5. The van der Waals surface area contributed by atoms with Gasteiger partial charge in [0.05, 0.1) is 29.7 Å². The van der Waals surface area contributed by atoms with Crippen molar-refractivity contribution in [2.75, 3.05) is 19.0 Å². The summed E-state index contributed by atoms with van der Waals surface area (Å²) in [5.74, 6) is 0.844. The molecule has 2 aliphatic rings. The molecule has 0 aliphatic carbocycles. The summed E-state index contributed by atoms with van der Waals surface area (Å²) in [5, 5.41) is 1.46. The number of thioether (sulfide) groups is 1. The van der Waals surface area contributed by atoms with Crippen molar-refractivity contribution in [1.82, 2.24) is 9.55 Å². The number of para-hydroxylation sites is 1. The van der Waals surface area contributed by atoms with Gasteiger partial charge in [-0.05, 0) is 44.2 Å². The highest BCUT2D eigenvalue weighted by molar-refractivity contribution is 7.99. The molecule has 3 heterocycles. The van der Waals surface area contributed by atoms with Crippen LogP contribution < -0.4 is 5.56 Å². The van der Waals surface area contributed by atoms with E-state index in [0.717, 1.165) is 55.3 Å². The van der Waals surface area contributed by atoms with Crippen LogP contribution in [-0.2, 0) is 16.0 Å². The first kappa shape index (κ1) is 17.1. The second kappa shape index (κ2) is 7.89. The lowest BCUT2D eigenvalue weighted by molar-refractivity contribution is 0.0315. The summed E-state index contributed by atoms with van der Waals surface area (Å²) >= 11 is 1.64. The molecule has 2 aliphatic heterocycles. The van der Waals surface area contributed by atoms with Crippen molar-refractivity contribution >= 4 is 22.7 Å². The third kappa shape index (κ3) is 3.91. The van der Waals surface area contributed by atoms with Crippen LogP contribution in [0.25, 0.3) is 10.9 Å². The van der Waals surface area contributed by atoms with Gasteiger partial charge in [-0.1, -0.05) is 23.9 Å². The van der Waals surface area contributed by atoms with Crippen LogP contribution in [0.4, 0.5) is 0 Å². The van der Waals surface area contributed by atoms with Crippen molar-refractivity contribution in [3.8, 4) is 0 Å². The number of aromatic nitrogens is 2. The lowest BCUT2D eigenvalue weighted by atomic mass is 10.1. The minimum absolute atomic E-state index is 0.0353. The van der Waals surface area contributed by atoms with Gasteiger partial charge in [0.25, 0.3) is 5.56 Å². The van der Waals surface area contributed by atoms with Gasteiger partial charge in [-0.25, -0.2) is 4.98 Å². The van der Waals surface area contributed by atoms with Crippen molar-refractivity contribution < 1.29 is 9.47 Å². The fourth-order valence-corrected chi connectivity index (χ4v) is 4.59. The highest BCUT2D eigenvalue weighted by atomic mass is 32.2. The molecule has 2 aromatic rings. The maximum absolute atomic E-state index is 13.0. The average molecular weight is 360 g/mol. The molecule has 2 saturated heterocycles. The minimum Gasteiger partial charge on any atom is -0.377 e. The number of nitrogens with zero attached hydrogens (tertiary/aromatic N) is 2. The van der Waals surface area contributed by atoms with E-state index >= 15 is 0 Å². The van der Waals surface area contributed by atoms with Gasteiger partial charge in [-0.15, -0.1) is 0 Å². The zero-order valence-electron chi connectivity index (χ0n) is 14.4. The topological polar surface area (TPSA) is 53.3 Å². The molecular formula is C19H24N2O3S. The van der Waals surface area contributed by atoms with Crippen molar-refractivity contribution in [3.63, 3.8) is 0 Å². The van der Waals surface area contributed by atoms with E-state index in [4.69, 9.17) is 14.5 Å². The SMILES string of the molecule is O=c1c2ccccc2nc(SC[C@H]2CCCCO2)n1C[C@@H]1CCCO1. The second-order valence-corrected chi connectivity index (χ2v) is 7.75. The summed E-state index contributed by atoms with van der Waals surface area (Å²) in [5.41, 5.74) is 0.802. The summed E-state index contributed by atoms with van der Waals surface area (Å²) in [6.07, 6.45) is 5.92. The molecular weight excluding hydrogens is 336 g/mol. The van der Waals surface area contributed by atoms with E-state index in [1.54, 1.807) is 11.8 Å². The lowest BCUT2D eigenvalue weighted by Crippen LogP contribution is -2.29. The molecule has 1 aromatic heterocycles. The molecule has 0 amide bonds. The largest absolute Gasteiger partial charge is 0.377 e. The zero-order valence-corrected chi connectivity index (χ0v) is 15.2. The zero-order chi connectivity index (χ0) is 17.1. The summed E-state index contributed by atoms with van der Waals surface area (Å²) in [6, 6.07) is 7.59. The van der Waals surface area contributed by atoms with E-state index in [1.807, 2.05) is 28.8 Å². The van der Waals surface area contributed by atoms with Gasteiger partial charge in [-0.2, -0.15) is 0 Å². The molecule has 134 valence electrons. The minimum atomic E-state index is 0.0353. The van der Waals surface area contributed by atoms with Crippen molar-refractivity contribution in [2.45, 2.75) is 56.0 Å². The molecule has 25 heavy (non-hydrogen) atoms. The Bertz CT molecular complexity index is 780. The predicted molar refractivity (Wildman–Crippen MR) is 99.3 cm³/mol. The van der Waals surface area contributed by atoms with E-state index in [0.29, 0.717) is 11.9 Å². The van der Waals surface area contributed by atoms with Crippen LogP contribution in [0.5, 0.6) is 0 Å². The van der Waals surface area contributed by atoms with Gasteiger partial charge in [0.1, 0.15) is 0 Å². The Morgan fingerprint density at radius 3 is 2.68 bits per heavy atom. The van der Waals surface area contributed by atoms with Gasteiger partial charge in [0.2, 0.25) is 0 Å². The normalized spacial score (nSPS) is 24.0. The Morgan fingerprint density at radius 1 is 1.08 bits per heavy atom. The number of benzene rings is 1. The third-order valence-electron chi connectivity index (χ3n) is 4.91. The maximum atomic E-state index is 13.0. The second-order valence-electron chi connectivity index (χ2n) is 6.76. The van der Waals surface area contributed by atoms with Crippen LogP contribution >= 0.6 is 11.8 Å². The molecule has 5 nitrogen and oxygen atoms in total. The van der Waals surface area contributed by atoms with Crippen molar-refractivity contribution in [2.24, 2.45) is 0 Å². The molecule has 1 aromatic carbocycles. The molecule has 2 atom stereocenters. The smallest absolute Gasteiger partial charge is 0.262 e. The molecule has 0 unspecified atom stereocenters. The first-order chi connectivity index (χ1) is 12.3. The standard InChI is InChI=1S/C19H24N2O3S/c22-18-16-8-1-2-9-17(16)20-19(21(18)12-14-7-5-11-23-14)25-13-15-6-3-4-10-24-15/h1-2,8-9,14-15H,3-7,10-13H2/t14-,15+/m0/s1. The average Bonchev–Trinajstić information content (AvgIpc) is 3.17. The number of rotatable bonds is 5. The van der Waals surface area contributed by atoms with E-state index < -0.39 is 0 Å². The van der Waals surface area contributed by atoms with Gasteiger partial charge < -0.3 is 9.47 Å². The molecule has 2 fully saturated rings. The monoisotopic (exact) mass is 360 g/mol. The summed E-state index contributed by atoms with van der Waals surface area (Å²) in [7, 11) is 0. The number of hydrogen-bond donors (Lipinski definition) is 0. The molecule has 0 bridgehead atoms. The molecule has 6 heteroatoms. The van der Waals surface area contributed by atoms with Gasteiger partial charge in [0.15, 0.2) is 5.16 Å². The number of ether oxygens (including phenoxy) is 2. The van der Waals surface area contributed by atoms with Crippen molar-refractivity contribution in [3.05, 3.63) is 34.6 Å². The maximum Gasteiger partial charge on any atom is 0.262 e. The first-order valence-corrected chi connectivity index (χ1v) is 10.2.